The number of rotatable bonds is 5. The van der Waals surface area contributed by atoms with E-state index < -0.39 is 0 Å². The predicted molar refractivity (Wildman–Crippen MR) is 106 cm³/mol. The summed E-state index contributed by atoms with van der Waals surface area (Å²) in [5.74, 6) is -0.114. The van der Waals surface area contributed by atoms with Gasteiger partial charge in [-0.2, -0.15) is 0 Å². The molecule has 2 aromatic heterocycles. The number of aromatic nitrogens is 3. The molecule has 3 heterocycles. The molecule has 1 aliphatic rings. The second-order valence-electron chi connectivity index (χ2n) is 6.98. The Balaban J connectivity index is 1.42. The zero-order valence-electron chi connectivity index (χ0n) is 15.8. The van der Waals surface area contributed by atoms with E-state index in [1.54, 1.807) is 36.8 Å². The number of carbonyl (C=O) groups excluding carboxylic acids is 2. The van der Waals surface area contributed by atoms with Crippen LogP contribution in [0.5, 0.6) is 0 Å². The first kappa shape index (κ1) is 18.0. The van der Waals surface area contributed by atoms with E-state index in [4.69, 9.17) is 0 Å². The van der Waals surface area contributed by atoms with Crippen LogP contribution in [0.4, 0.5) is 5.69 Å². The highest BCUT2D eigenvalue weighted by molar-refractivity contribution is 5.97. The Hall–Kier alpha value is -3.35. The van der Waals surface area contributed by atoms with Gasteiger partial charge in [0.25, 0.3) is 5.91 Å². The van der Waals surface area contributed by atoms with Gasteiger partial charge in [-0.3, -0.25) is 9.59 Å². The number of carbonyl (C=O) groups is 2. The number of anilines is 1. The Bertz CT molecular complexity index is 976. The van der Waals surface area contributed by atoms with Crippen molar-refractivity contribution in [1.29, 1.82) is 0 Å². The van der Waals surface area contributed by atoms with Crippen molar-refractivity contribution in [3.05, 3.63) is 72.6 Å². The van der Waals surface area contributed by atoms with E-state index in [2.05, 4.69) is 20.9 Å². The fraction of sp³-hybridized carbons (Fsp3) is 0.286. The van der Waals surface area contributed by atoms with E-state index in [-0.39, 0.29) is 17.9 Å². The lowest BCUT2D eigenvalue weighted by molar-refractivity contribution is -0.116. The maximum absolute atomic E-state index is 13.1. The molecule has 4 rings (SSSR count). The number of fused-ring (bicyclic) bond motifs is 1. The molecule has 144 valence electrons. The lowest BCUT2D eigenvalue weighted by atomic mass is 10.1. The summed E-state index contributed by atoms with van der Waals surface area (Å²) in [6.07, 6.45) is 7.58. The van der Waals surface area contributed by atoms with Crippen molar-refractivity contribution in [1.82, 2.24) is 19.0 Å². The topological polar surface area (TPSA) is 72.2 Å². The molecule has 1 atom stereocenters. The lowest BCUT2D eigenvalue weighted by Crippen LogP contribution is -2.40. The predicted octanol–water partition coefficient (Wildman–Crippen LogP) is 2.93. The monoisotopic (exact) mass is 377 g/mol. The quantitative estimate of drug-likeness (QED) is 0.743. The fourth-order valence-electron chi connectivity index (χ4n) is 3.63. The summed E-state index contributed by atoms with van der Waals surface area (Å²) in [7, 11) is 0. The minimum absolute atomic E-state index is 0.0182. The molecule has 0 unspecified atom stereocenters. The van der Waals surface area contributed by atoms with Crippen molar-refractivity contribution in [3.63, 3.8) is 0 Å². The van der Waals surface area contributed by atoms with E-state index in [0.29, 0.717) is 30.8 Å². The first-order valence-corrected chi connectivity index (χ1v) is 9.43. The summed E-state index contributed by atoms with van der Waals surface area (Å²) in [5.41, 5.74) is 2.36. The largest absolute Gasteiger partial charge is 0.348 e. The molecule has 0 saturated carbocycles. The molecule has 1 aromatic carbocycles. The summed E-state index contributed by atoms with van der Waals surface area (Å²) in [5, 5.41) is 2.88. The van der Waals surface area contributed by atoms with Gasteiger partial charge in [0, 0.05) is 61.6 Å². The van der Waals surface area contributed by atoms with Crippen molar-refractivity contribution in [2.75, 3.05) is 11.9 Å². The third-order valence-electron chi connectivity index (χ3n) is 5.15. The molecule has 3 aromatic rings. The molecule has 0 spiro atoms. The van der Waals surface area contributed by atoms with Gasteiger partial charge in [0.1, 0.15) is 0 Å². The molecule has 0 fully saturated rings. The molecule has 7 heteroatoms. The maximum Gasteiger partial charge on any atom is 0.254 e. The van der Waals surface area contributed by atoms with Crippen LogP contribution in [0.1, 0.15) is 35.4 Å². The zero-order valence-corrected chi connectivity index (χ0v) is 15.8. The van der Waals surface area contributed by atoms with Crippen LogP contribution in [-0.2, 0) is 17.9 Å². The van der Waals surface area contributed by atoms with Crippen LogP contribution < -0.4 is 5.32 Å². The van der Waals surface area contributed by atoms with Crippen LogP contribution in [0.25, 0.3) is 0 Å². The smallest absolute Gasteiger partial charge is 0.254 e. The number of nitrogens with one attached hydrogen (secondary N) is 1. The molecule has 2 amide bonds. The second-order valence-corrected chi connectivity index (χ2v) is 6.98. The van der Waals surface area contributed by atoms with Crippen molar-refractivity contribution < 1.29 is 9.59 Å². The Labute approximate surface area is 163 Å². The standard InChI is InChI=1S/C21H23N5O2/c1-16-19-6-3-9-25(19)12-13-26(16)21(28)17-4-2-5-18(14-17)23-20(27)7-10-24-11-8-22-15-24/h2-6,8-9,11,14-16H,7,10,12-13H2,1H3,(H,23,27)/t16-/m1/s1. The van der Waals surface area contributed by atoms with Crippen LogP contribution in [-0.4, -0.2) is 37.4 Å². The summed E-state index contributed by atoms with van der Waals surface area (Å²) < 4.78 is 4.04. The van der Waals surface area contributed by atoms with Crippen LogP contribution in [0, 0.1) is 0 Å². The van der Waals surface area contributed by atoms with E-state index in [0.717, 1.165) is 12.2 Å². The summed E-state index contributed by atoms with van der Waals surface area (Å²) in [6, 6.07) is 11.2. The molecule has 0 bridgehead atoms. The van der Waals surface area contributed by atoms with Crippen LogP contribution >= 0.6 is 0 Å². The van der Waals surface area contributed by atoms with Crippen molar-refractivity contribution in [2.45, 2.75) is 32.5 Å². The minimum Gasteiger partial charge on any atom is -0.348 e. The Kier molecular flexibility index (Phi) is 4.97. The van der Waals surface area contributed by atoms with E-state index in [9.17, 15) is 9.59 Å². The SMILES string of the molecule is C[C@@H]1c2cccn2CCN1C(=O)c1cccc(NC(=O)CCn2ccnc2)c1. The highest BCUT2D eigenvalue weighted by atomic mass is 16.2. The first-order chi connectivity index (χ1) is 13.6. The van der Waals surface area contributed by atoms with Gasteiger partial charge in [-0.05, 0) is 37.3 Å². The van der Waals surface area contributed by atoms with Gasteiger partial charge in [-0.1, -0.05) is 6.07 Å². The molecule has 0 radical (unpaired) electrons. The Morgan fingerprint density at radius 3 is 2.89 bits per heavy atom. The van der Waals surface area contributed by atoms with Crippen LogP contribution in [0.15, 0.2) is 61.3 Å². The molecule has 28 heavy (non-hydrogen) atoms. The number of benzene rings is 1. The molecule has 0 saturated heterocycles. The molecular weight excluding hydrogens is 354 g/mol. The van der Waals surface area contributed by atoms with E-state index in [1.807, 2.05) is 34.9 Å². The summed E-state index contributed by atoms with van der Waals surface area (Å²) in [4.78, 5) is 31.1. The van der Waals surface area contributed by atoms with E-state index in [1.165, 1.54) is 0 Å². The van der Waals surface area contributed by atoms with Gasteiger partial charge in [0.2, 0.25) is 5.91 Å². The molecule has 1 aliphatic heterocycles. The van der Waals surface area contributed by atoms with E-state index >= 15 is 0 Å². The number of nitrogens with zero attached hydrogens (tertiary/aromatic N) is 4. The van der Waals surface area contributed by atoms with Gasteiger partial charge in [-0.15, -0.1) is 0 Å². The highest BCUT2D eigenvalue weighted by Gasteiger charge is 2.28. The second kappa shape index (κ2) is 7.72. The van der Waals surface area contributed by atoms with Crippen LogP contribution in [0.3, 0.4) is 0 Å². The summed E-state index contributed by atoms with van der Waals surface area (Å²) in [6.45, 7) is 4.08. The van der Waals surface area contributed by atoms with Crippen LogP contribution in [0.2, 0.25) is 0 Å². The Morgan fingerprint density at radius 2 is 2.07 bits per heavy atom. The maximum atomic E-state index is 13.1. The third-order valence-corrected chi connectivity index (χ3v) is 5.15. The number of hydrogen-bond donors (Lipinski definition) is 1. The lowest BCUT2D eigenvalue weighted by Gasteiger charge is -2.35. The number of hydrogen-bond acceptors (Lipinski definition) is 3. The number of amides is 2. The van der Waals surface area contributed by atoms with Gasteiger partial charge >= 0.3 is 0 Å². The van der Waals surface area contributed by atoms with Crippen molar-refractivity contribution in [2.24, 2.45) is 0 Å². The molecule has 0 aliphatic carbocycles. The van der Waals surface area contributed by atoms with Crippen molar-refractivity contribution in [3.8, 4) is 0 Å². The highest BCUT2D eigenvalue weighted by Crippen LogP contribution is 2.27. The average Bonchev–Trinajstić information content (AvgIpc) is 3.38. The third kappa shape index (κ3) is 3.69. The number of aryl methyl sites for hydroxylation is 1. The van der Waals surface area contributed by atoms with Gasteiger partial charge < -0.3 is 19.4 Å². The molecule has 1 N–H and O–H groups in total. The van der Waals surface area contributed by atoms with Gasteiger partial charge in [0.05, 0.1) is 12.4 Å². The Morgan fingerprint density at radius 1 is 1.18 bits per heavy atom. The van der Waals surface area contributed by atoms with Gasteiger partial charge in [-0.25, -0.2) is 4.98 Å². The summed E-state index contributed by atoms with van der Waals surface area (Å²) >= 11 is 0. The molecule has 7 nitrogen and oxygen atoms in total. The fourth-order valence-corrected chi connectivity index (χ4v) is 3.63. The minimum atomic E-state index is -0.0949. The average molecular weight is 377 g/mol. The normalized spacial score (nSPS) is 15.9. The zero-order chi connectivity index (χ0) is 19.5. The molecular formula is C21H23N5O2. The number of imidazole rings is 1. The first-order valence-electron chi connectivity index (χ1n) is 9.43. The van der Waals surface area contributed by atoms with Gasteiger partial charge in [0.15, 0.2) is 0 Å². The van der Waals surface area contributed by atoms with Crippen molar-refractivity contribution >= 4 is 17.5 Å².